The van der Waals surface area contributed by atoms with Crippen molar-refractivity contribution >= 4 is 0 Å². The zero-order chi connectivity index (χ0) is 10.7. The Labute approximate surface area is 90.7 Å². The summed E-state index contributed by atoms with van der Waals surface area (Å²) in [5.41, 5.74) is 7.38. The number of hydrogen-bond donors (Lipinski definition) is 1. The van der Waals surface area contributed by atoms with Crippen LogP contribution >= 0.6 is 0 Å². The van der Waals surface area contributed by atoms with E-state index >= 15 is 0 Å². The van der Waals surface area contributed by atoms with Gasteiger partial charge in [0, 0.05) is 25.5 Å². The predicted octanol–water partition coefficient (Wildman–Crippen LogP) is 1.52. The Morgan fingerprint density at radius 2 is 2.13 bits per heavy atom. The topological polar surface area (TPSA) is 48.1 Å². The third-order valence-electron chi connectivity index (χ3n) is 3.49. The van der Waals surface area contributed by atoms with Gasteiger partial charge in [-0.3, -0.25) is 4.98 Å². The number of methoxy groups -OCH3 is 1. The van der Waals surface area contributed by atoms with Crippen molar-refractivity contribution in [3.05, 3.63) is 30.1 Å². The maximum Gasteiger partial charge on any atom is 0.0832 e. The number of pyridine rings is 1. The fourth-order valence-corrected chi connectivity index (χ4v) is 2.21. The minimum atomic E-state index is -0.0662. The average molecular weight is 206 g/mol. The van der Waals surface area contributed by atoms with Crippen molar-refractivity contribution in [2.75, 3.05) is 7.11 Å². The first kappa shape index (κ1) is 10.6. The van der Waals surface area contributed by atoms with Crippen molar-refractivity contribution in [1.82, 2.24) is 4.98 Å². The number of nitrogens with zero attached hydrogens (tertiary/aromatic N) is 1. The molecular weight excluding hydrogens is 188 g/mol. The Hall–Kier alpha value is -0.930. The quantitative estimate of drug-likeness (QED) is 0.812. The molecule has 0 bridgehead atoms. The summed E-state index contributed by atoms with van der Waals surface area (Å²) in [6, 6.07) is 4.13. The van der Waals surface area contributed by atoms with Gasteiger partial charge in [0.05, 0.1) is 5.60 Å². The van der Waals surface area contributed by atoms with Gasteiger partial charge in [0.15, 0.2) is 0 Å². The van der Waals surface area contributed by atoms with Gasteiger partial charge in [0.25, 0.3) is 0 Å². The van der Waals surface area contributed by atoms with Gasteiger partial charge in [-0.1, -0.05) is 0 Å². The van der Waals surface area contributed by atoms with E-state index in [0.29, 0.717) is 0 Å². The van der Waals surface area contributed by atoms with Gasteiger partial charge in [0.1, 0.15) is 0 Å². The molecule has 1 fully saturated rings. The lowest BCUT2D eigenvalue weighted by atomic mass is 9.73. The van der Waals surface area contributed by atoms with Crippen molar-refractivity contribution in [2.45, 2.75) is 37.3 Å². The van der Waals surface area contributed by atoms with E-state index in [-0.39, 0.29) is 11.6 Å². The zero-order valence-electron chi connectivity index (χ0n) is 9.15. The zero-order valence-corrected chi connectivity index (χ0v) is 9.15. The van der Waals surface area contributed by atoms with Gasteiger partial charge in [-0.2, -0.15) is 0 Å². The molecule has 1 saturated carbocycles. The van der Waals surface area contributed by atoms with Crippen molar-refractivity contribution in [3.63, 3.8) is 0 Å². The summed E-state index contributed by atoms with van der Waals surface area (Å²) in [5.74, 6) is 0. The summed E-state index contributed by atoms with van der Waals surface area (Å²) < 4.78 is 5.57. The molecule has 1 aromatic rings. The van der Waals surface area contributed by atoms with Crippen LogP contribution in [-0.2, 0) is 11.2 Å². The first-order valence-electron chi connectivity index (χ1n) is 5.46. The van der Waals surface area contributed by atoms with E-state index in [1.54, 1.807) is 7.11 Å². The van der Waals surface area contributed by atoms with E-state index in [1.165, 1.54) is 12.0 Å². The van der Waals surface area contributed by atoms with Crippen LogP contribution in [0.15, 0.2) is 24.5 Å². The van der Waals surface area contributed by atoms with Crippen LogP contribution in [0.2, 0.25) is 0 Å². The Morgan fingerprint density at radius 1 is 1.47 bits per heavy atom. The first-order valence-corrected chi connectivity index (χ1v) is 5.46. The molecule has 3 heteroatoms. The number of aromatic nitrogens is 1. The summed E-state index contributed by atoms with van der Waals surface area (Å²) in [7, 11) is 1.77. The normalized spacial score (nSPS) is 20.7. The second kappa shape index (κ2) is 4.29. The molecule has 15 heavy (non-hydrogen) atoms. The van der Waals surface area contributed by atoms with Gasteiger partial charge in [-0.15, -0.1) is 0 Å². The molecule has 0 amide bonds. The second-order valence-corrected chi connectivity index (χ2v) is 4.29. The van der Waals surface area contributed by atoms with E-state index < -0.39 is 0 Å². The van der Waals surface area contributed by atoms with Crippen LogP contribution in [0.25, 0.3) is 0 Å². The van der Waals surface area contributed by atoms with Crippen molar-refractivity contribution in [3.8, 4) is 0 Å². The molecule has 0 spiro atoms. The highest BCUT2D eigenvalue weighted by molar-refractivity contribution is 5.14. The van der Waals surface area contributed by atoms with Gasteiger partial charge in [-0.25, -0.2) is 0 Å². The average Bonchev–Trinajstić information content (AvgIpc) is 2.18. The second-order valence-electron chi connectivity index (χ2n) is 4.29. The van der Waals surface area contributed by atoms with Crippen LogP contribution in [-0.4, -0.2) is 23.7 Å². The van der Waals surface area contributed by atoms with E-state index in [2.05, 4.69) is 4.98 Å². The van der Waals surface area contributed by atoms with Gasteiger partial charge in [-0.05, 0) is 43.4 Å². The largest absolute Gasteiger partial charge is 0.377 e. The molecule has 0 radical (unpaired) electrons. The molecule has 0 aliphatic heterocycles. The van der Waals surface area contributed by atoms with Crippen LogP contribution < -0.4 is 5.73 Å². The smallest absolute Gasteiger partial charge is 0.0832 e. The van der Waals surface area contributed by atoms with Crippen LogP contribution in [0.4, 0.5) is 0 Å². The van der Waals surface area contributed by atoms with Crippen molar-refractivity contribution < 1.29 is 4.74 Å². The fourth-order valence-electron chi connectivity index (χ4n) is 2.21. The molecule has 1 heterocycles. The highest BCUT2D eigenvalue weighted by atomic mass is 16.5. The molecule has 1 aromatic heterocycles. The minimum Gasteiger partial charge on any atom is -0.377 e. The molecule has 1 aliphatic rings. The first-order chi connectivity index (χ1) is 7.27. The molecule has 0 saturated heterocycles. The summed E-state index contributed by atoms with van der Waals surface area (Å²) in [5, 5.41) is 0. The van der Waals surface area contributed by atoms with Crippen LogP contribution in [0.5, 0.6) is 0 Å². The molecular formula is C12H18N2O. The van der Waals surface area contributed by atoms with Gasteiger partial charge < -0.3 is 10.5 Å². The van der Waals surface area contributed by atoms with Crippen molar-refractivity contribution in [1.29, 1.82) is 0 Å². The van der Waals surface area contributed by atoms with Crippen LogP contribution in [0, 0.1) is 0 Å². The van der Waals surface area contributed by atoms with Gasteiger partial charge in [0.2, 0.25) is 0 Å². The monoisotopic (exact) mass is 206 g/mol. The molecule has 3 nitrogen and oxygen atoms in total. The standard InChI is InChI=1S/C12H18N2O/c1-15-12(5-2-6-12)11(13)9-10-3-7-14-8-4-10/h3-4,7-8,11H,2,5-6,9,13H2,1H3. The number of rotatable bonds is 4. The third kappa shape index (κ3) is 2.03. The molecule has 0 aromatic carbocycles. The van der Waals surface area contributed by atoms with Gasteiger partial charge >= 0.3 is 0 Å². The fraction of sp³-hybridized carbons (Fsp3) is 0.583. The molecule has 1 atom stereocenters. The number of hydrogen-bond acceptors (Lipinski definition) is 3. The van der Waals surface area contributed by atoms with E-state index in [0.717, 1.165) is 19.3 Å². The molecule has 1 aliphatic carbocycles. The van der Waals surface area contributed by atoms with E-state index in [1.807, 2.05) is 24.5 Å². The minimum absolute atomic E-state index is 0.0662. The Kier molecular flexibility index (Phi) is 3.03. The third-order valence-corrected chi connectivity index (χ3v) is 3.49. The lowest BCUT2D eigenvalue weighted by Gasteiger charge is -2.45. The maximum absolute atomic E-state index is 6.21. The lowest BCUT2D eigenvalue weighted by Crippen LogP contribution is -2.55. The summed E-state index contributed by atoms with van der Waals surface area (Å²) in [6.45, 7) is 0. The summed E-state index contributed by atoms with van der Waals surface area (Å²) >= 11 is 0. The Balaban J connectivity index is 2.00. The predicted molar refractivity (Wildman–Crippen MR) is 59.5 cm³/mol. The Morgan fingerprint density at radius 3 is 2.60 bits per heavy atom. The van der Waals surface area contributed by atoms with E-state index in [9.17, 15) is 0 Å². The van der Waals surface area contributed by atoms with E-state index in [4.69, 9.17) is 10.5 Å². The van der Waals surface area contributed by atoms with Crippen LogP contribution in [0.3, 0.4) is 0 Å². The van der Waals surface area contributed by atoms with Crippen LogP contribution in [0.1, 0.15) is 24.8 Å². The van der Waals surface area contributed by atoms with Crippen molar-refractivity contribution in [2.24, 2.45) is 5.73 Å². The molecule has 2 N–H and O–H groups in total. The molecule has 1 unspecified atom stereocenters. The summed E-state index contributed by atoms with van der Waals surface area (Å²) in [6.07, 6.45) is 7.91. The Bertz CT molecular complexity index is 303. The highest BCUT2D eigenvalue weighted by Gasteiger charge is 2.42. The highest BCUT2D eigenvalue weighted by Crippen LogP contribution is 2.38. The SMILES string of the molecule is COC1(C(N)Cc2ccncc2)CCC1. The maximum atomic E-state index is 6.21. The molecule has 2 rings (SSSR count). The number of ether oxygens (including phenoxy) is 1. The lowest BCUT2D eigenvalue weighted by molar-refractivity contribution is -0.0897. The molecule has 82 valence electrons. The summed E-state index contributed by atoms with van der Waals surface area (Å²) in [4.78, 5) is 4.00. The number of nitrogens with two attached hydrogens (primary N) is 1.